The van der Waals surface area contributed by atoms with Crippen LogP contribution in [-0.4, -0.2) is 22.6 Å². The highest BCUT2D eigenvalue weighted by Gasteiger charge is 2.13. The van der Waals surface area contributed by atoms with Gasteiger partial charge >= 0.3 is 0 Å². The first-order valence-electron chi connectivity index (χ1n) is 9.10. The first kappa shape index (κ1) is 19.9. The number of pyridine rings is 1. The van der Waals surface area contributed by atoms with Crippen molar-refractivity contribution in [3.8, 4) is 0 Å². The fourth-order valence-electron chi connectivity index (χ4n) is 2.73. The van der Waals surface area contributed by atoms with Crippen LogP contribution in [0.2, 0.25) is 0 Å². The molecule has 3 rings (SSSR count). The minimum absolute atomic E-state index is 0.0877. The largest absolute Gasteiger partial charge is 0.322 e. The van der Waals surface area contributed by atoms with Crippen molar-refractivity contribution < 1.29 is 14.4 Å². The molecule has 0 bridgehead atoms. The second-order valence-electron chi connectivity index (χ2n) is 6.77. The second kappa shape index (κ2) is 8.48. The van der Waals surface area contributed by atoms with E-state index in [-0.39, 0.29) is 11.5 Å². The Morgan fingerprint density at radius 1 is 0.759 bits per heavy atom. The SMILES string of the molecule is CC(=O)c1cccc(NC(=O)c2ccnc(C(=O)Nc3ccc(C)c(C)c3)c2)c1. The van der Waals surface area contributed by atoms with Crippen molar-refractivity contribution in [1.82, 2.24) is 4.98 Å². The number of aromatic nitrogens is 1. The number of amides is 2. The molecule has 0 spiro atoms. The Kier molecular flexibility index (Phi) is 5.83. The molecule has 2 amide bonds. The van der Waals surface area contributed by atoms with Crippen LogP contribution in [0.4, 0.5) is 11.4 Å². The van der Waals surface area contributed by atoms with Crippen molar-refractivity contribution in [2.75, 3.05) is 10.6 Å². The van der Waals surface area contributed by atoms with Crippen LogP contribution in [0.3, 0.4) is 0 Å². The third-order valence-electron chi connectivity index (χ3n) is 4.55. The molecule has 0 aliphatic rings. The van der Waals surface area contributed by atoms with Gasteiger partial charge in [0.1, 0.15) is 5.69 Å². The van der Waals surface area contributed by atoms with Crippen LogP contribution in [0.15, 0.2) is 60.8 Å². The van der Waals surface area contributed by atoms with Gasteiger partial charge in [-0.15, -0.1) is 0 Å². The summed E-state index contributed by atoms with van der Waals surface area (Å²) in [5.74, 6) is -0.884. The number of nitrogens with zero attached hydrogens (tertiary/aromatic N) is 1. The third kappa shape index (κ3) is 4.93. The van der Waals surface area contributed by atoms with Gasteiger partial charge in [-0.1, -0.05) is 18.2 Å². The summed E-state index contributed by atoms with van der Waals surface area (Å²) in [4.78, 5) is 40.6. The number of anilines is 2. The molecule has 0 aliphatic heterocycles. The van der Waals surface area contributed by atoms with E-state index in [1.807, 2.05) is 32.0 Å². The van der Waals surface area contributed by atoms with Gasteiger partial charge in [-0.05, 0) is 68.3 Å². The summed E-state index contributed by atoms with van der Waals surface area (Å²) in [7, 11) is 0. The monoisotopic (exact) mass is 387 g/mol. The summed E-state index contributed by atoms with van der Waals surface area (Å²) in [6, 6.07) is 15.3. The highest BCUT2D eigenvalue weighted by atomic mass is 16.2. The van der Waals surface area contributed by atoms with Gasteiger partial charge in [0.25, 0.3) is 11.8 Å². The molecule has 6 heteroatoms. The number of rotatable bonds is 5. The Hall–Kier alpha value is -3.80. The minimum Gasteiger partial charge on any atom is -0.322 e. The van der Waals surface area contributed by atoms with Crippen molar-refractivity contribution >= 4 is 29.0 Å². The first-order valence-corrected chi connectivity index (χ1v) is 9.10. The van der Waals surface area contributed by atoms with Crippen molar-refractivity contribution in [2.45, 2.75) is 20.8 Å². The maximum absolute atomic E-state index is 12.6. The lowest BCUT2D eigenvalue weighted by Crippen LogP contribution is -2.17. The predicted octanol–water partition coefficient (Wildman–Crippen LogP) is 4.41. The molecule has 0 atom stereocenters. The molecule has 2 aromatic carbocycles. The normalized spacial score (nSPS) is 10.3. The van der Waals surface area contributed by atoms with Gasteiger partial charge in [-0.2, -0.15) is 0 Å². The summed E-state index contributed by atoms with van der Waals surface area (Å²) in [5.41, 5.74) is 4.29. The van der Waals surface area contributed by atoms with Crippen LogP contribution in [-0.2, 0) is 0 Å². The third-order valence-corrected chi connectivity index (χ3v) is 4.55. The van der Waals surface area contributed by atoms with Gasteiger partial charge in [0.2, 0.25) is 0 Å². The number of Topliss-reactive ketones (excluding diaryl/α,β-unsaturated/α-hetero) is 1. The van der Waals surface area contributed by atoms with E-state index in [0.717, 1.165) is 11.1 Å². The predicted molar refractivity (Wildman–Crippen MR) is 113 cm³/mol. The van der Waals surface area contributed by atoms with Crippen LogP contribution < -0.4 is 10.6 Å². The number of carbonyl (C=O) groups excluding carboxylic acids is 3. The van der Waals surface area contributed by atoms with Crippen LogP contribution in [0.5, 0.6) is 0 Å². The van der Waals surface area contributed by atoms with Gasteiger partial charge < -0.3 is 10.6 Å². The molecule has 0 aliphatic carbocycles. The summed E-state index contributed by atoms with van der Waals surface area (Å²) < 4.78 is 0. The number of ketones is 1. The molecule has 0 fully saturated rings. The Labute approximate surface area is 169 Å². The molecule has 2 N–H and O–H groups in total. The Morgan fingerprint density at radius 3 is 2.21 bits per heavy atom. The molecule has 6 nitrogen and oxygen atoms in total. The van der Waals surface area contributed by atoms with Gasteiger partial charge in [0.05, 0.1) is 0 Å². The van der Waals surface area contributed by atoms with Gasteiger partial charge in [0.15, 0.2) is 5.78 Å². The molecule has 1 aromatic heterocycles. The molecule has 0 saturated heterocycles. The number of hydrogen-bond acceptors (Lipinski definition) is 4. The van der Waals surface area contributed by atoms with E-state index in [2.05, 4.69) is 15.6 Å². The Balaban J connectivity index is 1.75. The smallest absolute Gasteiger partial charge is 0.274 e. The molecule has 1 heterocycles. The number of aryl methyl sites for hydroxylation is 2. The summed E-state index contributed by atoms with van der Waals surface area (Å²) in [6.45, 7) is 5.43. The molecular weight excluding hydrogens is 366 g/mol. The van der Waals surface area contributed by atoms with Gasteiger partial charge in [-0.25, -0.2) is 0 Å². The highest BCUT2D eigenvalue weighted by molar-refractivity contribution is 6.08. The van der Waals surface area contributed by atoms with Crippen molar-refractivity contribution in [2.24, 2.45) is 0 Å². The Bertz CT molecular complexity index is 1110. The average molecular weight is 387 g/mol. The summed E-state index contributed by atoms with van der Waals surface area (Å²) >= 11 is 0. The van der Waals surface area contributed by atoms with Crippen molar-refractivity contribution in [3.05, 3.63) is 88.7 Å². The van der Waals surface area contributed by atoms with Crippen molar-refractivity contribution in [1.29, 1.82) is 0 Å². The van der Waals surface area contributed by atoms with Crippen LogP contribution >= 0.6 is 0 Å². The van der Waals surface area contributed by atoms with E-state index < -0.39 is 11.8 Å². The molecule has 3 aromatic rings. The van der Waals surface area contributed by atoms with Crippen LogP contribution in [0.25, 0.3) is 0 Å². The molecule has 0 saturated carbocycles. The number of nitrogens with one attached hydrogen (secondary N) is 2. The van der Waals surface area contributed by atoms with Gasteiger partial charge in [-0.3, -0.25) is 19.4 Å². The summed E-state index contributed by atoms with van der Waals surface area (Å²) in [5, 5.41) is 5.52. The number of carbonyl (C=O) groups is 3. The first-order chi connectivity index (χ1) is 13.8. The van der Waals surface area contributed by atoms with E-state index in [1.54, 1.807) is 24.3 Å². The van der Waals surface area contributed by atoms with Crippen molar-refractivity contribution in [3.63, 3.8) is 0 Å². The maximum atomic E-state index is 12.6. The molecule has 0 unspecified atom stereocenters. The fourth-order valence-corrected chi connectivity index (χ4v) is 2.73. The molecule has 146 valence electrons. The fraction of sp³-hybridized carbons (Fsp3) is 0.130. The zero-order chi connectivity index (χ0) is 21.0. The standard InChI is InChI=1S/C23H21N3O3/c1-14-7-8-20(11-15(14)2)26-23(29)21-13-18(9-10-24-21)22(28)25-19-6-4-5-17(12-19)16(3)27/h4-13H,1-3H3,(H,25,28)(H,26,29). The molecule has 29 heavy (non-hydrogen) atoms. The van der Waals surface area contributed by atoms with E-state index in [1.165, 1.54) is 25.3 Å². The number of benzene rings is 2. The van der Waals surface area contributed by atoms with E-state index in [9.17, 15) is 14.4 Å². The number of hydrogen-bond donors (Lipinski definition) is 2. The van der Waals surface area contributed by atoms with E-state index >= 15 is 0 Å². The lowest BCUT2D eigenvalue weighted by molar-refractivity contribution is 0.100. The zero-order valence-electron chi connectivity index (χ0n) is 16.4. The van der Waals surface area contributed by atoms with Crippen LogP contribution in [0, 0.1) is 13.8 Å². The zero-order valence-corrected chi connectivity index (χ0v) is 16.4. The van der Waals surface area contributed by atoms with E-state index in [0.29, 0.717) is 22.5 Å². The molecular formula is C23H21N3O3. The lowest BCUT2D eigenvalue weighted by atomic mass is 10.1. The summed E-state index contributed by atoms with van der Waals surface area (Å²) in [6.07, 6.45) is 1.41. The van der Waals surface area contributed by atoms with Crippen LogP contribution in [0.1, 0.15) is 49.3 Å². The Morgan fingerprint density at radius 2 is 1.48 bits per heavy atom. The minimum atomic E-state index is -0.401. The van der Waals surface area contributed by atoms with Gasteiger partial charge in [0, 0.05) is 28.7 Å². The molecule has 0 radical (unpaired) electrons. The highest BCUT2D eigenvalue weighted by Crippen LogP contribution is 2.16. The average Bonchev–Trinajstić information content (AvgIpc) is 2.71. The second-order valence-corrected chi connectivity index (χ2v) is 6.77. The maximum Gasteiger partial charge on any atom is 0.274 e. The lowest BCUT2D eigenvalue weighted by Gasteiger charge is -2.09. The van der Waals surface area contributed by atoms with E-state index in [4.69, 9.17) is 0 Å². The quantitative estimate of drug-likeness (QED) is 0.635. The topological polar surface area (TPSA) is 88.2 Å².